The average molecular weight is 183 g/mol. The van der Waals surface area contributed by atoms with E-state index in [2.05, 4.69) is 0 Å². The van der Waals surface area contributed by atoms with Crippen LogP contribution in [-0.4, -0.2) is 13.2 Å². The lowest BCUT2D eigenvalue weighted by atomic mass is 10.1. The molecule has 0 amide bonds. The highest BCUT2D eigenvalue weighted by atomic mass is 19.1. The van der Waals surface area contributed by atoms with E-state index in [1.807, 2.05) is 6.92 Å². The van der Waals surface area contributed by atoms with Gasteiger partial charge in [0.05, 0.1) is 7.11 Å². The topological polar surface area (TPSA) is 35.2 Å². The molecule has 1 rings (SSSR count). The maximum absolute atomic E-state index is 12.8. The van der Waals surface area contributed by atoms with Crippen molar-refractivity contribution in [3.8, 4) is 5.75 Å². The summed E-state index contributed by atoms with van der Waals surface area (Å²) in [6.45, 7) is 1.91. The molecule has 0 aliphatic carbocycles. The summed E-state index contributed by atoms with van der Waals surface area (Å²) < 4.78 is 17.8. The maximum Gasteiger partial charge on any atom is 0.126 e. The van der Waals surface area contributed by atoms with Crippen molar-refractivity contribution >= 4 is 0 Å². The first-order valence-corrected chi connectivity index (χ1v) is 4.21. The zero-order chi connectivity index (χ0) is 9.84. The number of nitrogens with two attached hydrogens (primary N) is 1. The van der Waals surface area contributed by atoms with E-state index >= 15 is 0 Å². The van der Waals surface area contributed by atoms with Crippen molar-refractivity contribution in [1.29, 1.82) is 0 Å². The number of methoxy groups -OCH3 is 1. The molecule has 0 saturated carbocycles. The van der Waals surface area contributed by atoms with Crippen LogP contribution in [-0.2, 0) is 6.42 Å². The fourth-order valence-corrected chi connectivity index (χ4v) is 1.23. The average Bonchev–Trinajstić information content (AvgIpc) is 2.07. The van der Waals surface area contributed by atoms with E-state index in [9.17, 15) is 4.39 Å². The summed E-state index contributed by atoms with van der Waals surface area (Å²) in [5, 5.41) is 0. The Morgan fingerprint density at radius 1 is 1.54 bits per heavy atom. The second-order valence-electron chi connectivity index (χ2n) is 3.14. The third-order valence-electron chi connectivity index (χ3n) is 1.79. The molecule has 0 aliphatic rings. The minimum absolute atomic E-state index is 0.0550. The molecule has 2 N–H and O–H groups in total. The Morgan fingerprint density at radius 3 is 2.77 bits per heavy atom. The van der Waals surface area contributed by atoms with E-state index in [0.29, 0.717) is 12.2 Å². The van der Waals surface area contributed by atoms with Crippen molar-refractivity contribution in [2.45, 2.75) is 19.4 Å². The van der Waals surface area contributed by atoms with E-state index in [4.69, 9.17) is 10.5 Å². The zero-order valence-electron chi connectivity index (χ0n) is 7.88. The van der Waals surface area contributed by atoms with Gasteiger partial charge in [0.1, 0.15) is 11.6 Å². The summed E-state index contributed by atoms with van der Waals surface area (Å²) in [6.07, 6.45) is 0.698. The van der Waals surface area contributed by atoms with Crippen LogP contribution in [0.25, 0.3) is 0 Å². The van der Waals surface area contributed by atoms with Crippen LogP contribution in [0.3, 0.4) is 0 Å². The summed E-state index contributed by atoms with van der Waals surface area (Å²) in [5.41, 5.74) is 6.58. The van der Waals surface area contributed by atoms with E-state index in [1.54, 1.807) is 6.07 Å². The fraction of sp³-hybridized carbons (Fsp3) is 0.400. The largest absolute Gasteiger partial charge is 0.496 e. The zero-order valence-corrected chi connectivity index (χ0v) is 7.88. The SMILES string of the molecule is COc1cc(F)ccc1C[C@H](C)N. The van der Waals surface area contributed by atoms with Gasteiger partial charge < -0.3 is 10.5 Å². The molecule has 13 heavy (non-hydrogen) atoms. The molecule has 0 saturated heterocycles. The fourth-order valence-electron chi connectivity index (χ4n) is 1.23. The molecule has 1 aromatic rings. The number of benzene rings is 1. The Morgan fingerprint density at radius 2 is 2.23 bits per heavy atom. The second-order valence-corrected chi connectivity index (χ2v) is 3.14. The molecular weight excluding hydrogens is 169 g/mol. The summed E-state index contributed by atoms with van der Waals surface area (Å²) in [4.78, 5) is 0. The Bertz CT molecular complexity index is 286. The van der Waals surface area contributed by atoms with Gasteiger partial charge in [0.15, 0.2) is 0 Å². The van der Waals surface area contributed by atoms with Crippen molar-refractivity contribution in [3.05, 3.63) is 29.6 Å². The van der Waals surface area contributed by atoms with Gasteiger partial charge in [-0.3, -0.25) is 0 Å². The van der Waals surface area contributed by atoms with Crippen LogP contribution >= 0.6 is 0 Å². The van der Waals surface area contributed by atoms with Gasteiger partial charge in [0, 0.05) is 12.1 Å². The summed E-state index contributed by atoms with van der Waals surface area (Å²) in [7, 11) is 1.53. The van der Waals surface area contributed by atoms with Gasteiger partial charge in [-0.05, 0) is 25.0 Å². The molecule has 0 spiro atoms. The van der Waals surface area contributed by atoms with Crippen LogP contribution in [0.5, 0.6) is 5.75 Å². The molecule has 1 atom stereocenters. The molecule has 0 radical (unpaired) electrons. The van der Waals surface area contributed by atoms with Crippen molar-refractivity contribution in [3.63, 3.8) is 0 Å². The Balaban J connectivity index is 2.92. The summed E-state index contributed by atoms with van der Waals surface area (Å²) >= 11 is 0. The van der Waals surface area contributed by atoms with Crippen LogP contribution in [0.4, 0.5) is 4.39 Å². The third kappa shape index (κ3) is 2.70. The summed E-state index contributed by atoms with van der Waals surface area (Å²) in [6, 6.07) is 4.55. The maximum atomic E-state index is 12.8. The smallest absolute Gasteiger partial charge is 0.126 e. The molecule has 0 aliphatic heterocycles. The van der Waals surface area contributed by atoms with Crippen LogP contribution in [0, 0.1) is 5.82 Å². The first-order valence-electron chi connectivity index (χ1n) is 4.21. The minimum Gasteiger partial charge on any atom is -0.496 e. The molecule has 0 heterocycles. The van der Waals surface area contributed by atoms with Crippen molar-refractivity contribution in [1.82, 2.24) is 0 Å². The van der Waals surface area contributed by atoms with Crippen LogP contribution < -0.4 is 10.5 Å². The molecule has 2 nitrogen and oxygen atoms in total. The van der Waals surface area contributed by atoms with Crippen LogP contribution in [0.2, 0.25) is 0 Å². The van der Waals surface area contributed by atoms with Crippen LogP contribution in [0.15, 0.2) is 18.2 Å². The predicted molar refractivity (Wildman–Crippen MR) is 50.3 cm³/mol. The second kappa shape index (κ2) is 4.23. The Kier molecular flexibility index (Phi) is 3.25. The van der Waals surface area contributed by atoms with E-state index < -0.39 is 0 Å². The van der Waals surface area contributed by atoms with Crippen LogP contribution in [0.1, 0.15) is 12.5 Å². The lowest BCUT2D eigenvalue weighted by Crippen LogP contribution is -2.18. The highest BCUT2D eigenvalue weighted by molar-refractivity contribution is 5.34. The normalized spacial score (nSPS) is 12.6. The van der Waals surface area contributed by atoms with Gasteiger partial charge in [-0.2, -0.15) is 0 Å². The number of ether oxygens (including phenoxy) is 1. The number of rotatable bonds is 3. The Labute approximate surface area is 77.5 Å². The van der Waals surface area contributed by atoms with E-state index in [0.717, 1.165) is 5.56 Å². The molecule has 0 bridgehead atoms. The highest BCUT2D eigenvalue weighted by Gasteiger charge is 2.06. The molecule has 0 unspecified atom stereocenters. The first-order chi connectivity index (χ1) is 6.13. The number of halogens is 1. The molecule has 1 aromatic carbocycles. The summed E-state index contributed by atoms with van der Waals surface area (Å²) in [5.74, 6) is 0.280. The van der Waals surface area contributed by atoms with Gasteiger partial charge in [-0.25, -0.2) is 4.39 Å². The lowest BCUT2D eigenvalue weighted by molar-refractivity contribution is 0.405. The third-order valence-corrected chi connectivity index (χ3v) is 1.79. The molecule has 72 valence electrons. The molecular formula is C10H14FNO. The molecule has 0 fully saturated rings. The highest BCUT2D eigenvalue weighted by Crippen LogP contribution is 2.20. The van der Waals surface area contributed by atoms with Gasteiger partial charge in [-0.15, -0.1) is 0 Å². The predicted octanol–water partition coefficient (Wildman–Crippen LogP) is 1.72. The minimum atomic E-state index is -0.287. The molecule has 0 aromatic heterocycles. The van der Waals surface area contributed by atoms with Crippen molar-refractivity contribution < 1.29 is 9.13 Å². The quantitative estimate of drug-likeness (QED) is 0.774. The number of hydrogen-bond acceptors (Lipinski definition) is 2. The van der Waals surface area contributed by atoms with E-state index in [-0.39, 0.29) is 11.9 Å². The lowest BCUT2D eigenvalue weighted by Gasteiger charge is -2.10. The first kappa shape index (κ1) is 9.99. The number of hydrogen-bond donors (Lipinski definition) is 1. The van der Waals surface area contributed by atoms with E-state index in [1.165, 1.54) is 19.2 Å². The standard InChI is InChI=1S/C10H14FNO/c1-7(12)5-8-3-4-9(11)6-10(8)13-2/h3-4,6-7H,5,12H2,1-2H3/t7-/m0/s1. The van der Waals surface area contributed by atoms with Gasteiger partial charge in [-0.1, -0.05) is 6.07 Å². The van der Waals surface area contributed by atoms with Gasteiger partial charge in [0.2, 0.25) is 0 Å². The van der Waals surface area contributed by atoms with Gasteiger partial charge in [0.25, 0.3) is 0 Å². The van der Waals surface area contributed by atoms with Gasteiger partial charge >= 0.3 is 0 Å². The monoisotopic (exact) mass is 183 g/mol. The molecule has 3 heteroatoms. The van der Waals surface area contributed by atoms with Crippen molar-refractivity contribution in [2.75, 3.05) is 7.11 Å². The van der Waals surface area contributed by atoms with Crippen molar-refractivity contribution in [2.24, 2.45) is 5.73 Å². The Hall–Kier alpha value is -1.09.